The molecule has 0 bridgehead atoms. The summed E-state index contributed by atoms with van der Waals surface area (Å²) < 4.78 is 13.5. The van der Waals surface area contributed by atoms with Gasteiger partial charge in [-0.25, -0.2) is 4.39 Å². The van der Waals surface area contributed by atoms with Crippen LogP contribution in [0.1, 0.15) is 22.5 Å². The Morgan fingerprint density at radius 2 is 2.32 bits per heavy atom. The van der Waals surface area contributed by atoms with Crippen LogP contribution in [0.25, 0.3) is 10.9 Å². The number of aryl methyl sites for hydroxylation is 1. The molecule has 2 heterocycles. The summed E-state index contributed by atoms with van der Waals surface area (Å²) in [6.07, 6.45) is 0.944. The second kappa shape index (κ2) is 4.66. The van der Waals surface area contributed by atoms with Gasteiger partial charge in [-0.05, 0) is 38.1 Å². The summed E-state index contributed by atoms with van der Waals surface area (Å²) in [5.74, 6) is -0.397. The molecule has 0 saturated carbocycles. The molecule has 5 heteroatoms. The summed E-state index contributed by atoms with van der Waals surface area (Å²) >= 11 is 0. The fourth-order valence-corrected chi connectivity index (χ4v) is 2.48. The Bertz CT molecular complexity index is 629. The topological polar surface area (TPSA) is 56.9 Å². The fourth-order valence-electron chi connectivity index (χ4n) is 2.48. The number of amides is 1. The summed E-state index contributed by atoms with van der Waals surface area (Å²) in [6.45, 7) is 3.44. The zero-order valence-corrected chi connectivity index (χ0v) is 10.7. The van der Waals surface area contributed by atoms with Gasteiger partial charge in [-0.2, -0.15) is 0 Å². The number of H-pyrrole nitrogens is 1. The minimum absolute atomic E-state index is 0.135. The molecule has 1 saturated heterocycles. The summed E-state index contributed by atoms with van der Waals surface area (Å²) in [5, 5.41) is 7.02. The summed E-state index contributed by atoms with van der Waals surface area (Å²) in [4.78, 5) is 15.1. The molecular formula is C14H16FN3O. The third-order valence-electron chi connectivity index (χ3n) is 3.63. The van der Waals surface area contributed by atoms with Gasteiger partial charge in [0.1, 0.15) is 11.5 Å². The van der Waals surface area contributed by atoms with E-state index < -0.39 is 0 Å². The van der Waals surface area contributed by atoms with Crippen molar-refractivity contribution in [3.63, 3.8) is 0 Å². The average molecular weight is 261 g/mol. The first-order valence-electron chi connectivity index (χ1n) is 6.44. The number of benzene rings is 1. The minimum atomic E-state index is -0.263. The Morgan fingerprint density at radius 3 is 3.05 bits per heavy atom. The largest absolute Gasteiger partial charge is 0.350 e. The number of carbonyl (C=O) groups excluding carboxylic acids is 1. The van der Waals surface area contributed by atoms with Gasteiger partial charge in [0.15, 0.2) is 0 Å². The molecule has 1 amide bonds. The molecule has 0 spiro atoms. The van der Waals surface area contributed by atoms with Gasteiger partial charge in [0.25, 0.3) is 5.91 Å². The van der Waals surface area contributed by atoms with E-state index in [-0.39, 0.29) is 17.8 Å². The molecule has 100 valence electrons. The molecule has 0 radical (unpaired) electrons. The third kappa shape index (κ3) is 2.21. The van der Waals surface area contributed by atoms with Crippen LogP contribution in [0.3, 0.4) is 0 Å². The SMILES string of the molecule is Cc1c(F)ccc2cc(C(=O)NC3CCNC3)[nH]c12. The fraction of sp³-hybridized carbons (Fsp3) is 0.357. The standard InChI is InChI=1S/C14H16FN3O/c1-8-11(15)3-2-9-6-12(18-13(8)9)14(19)17-10-4-5-16-7-10/h2-3,6,10,16,18H,4-5,7H2,1H3,(H,17,19). The van der Waals surface area contributed by atoms with Crippen molar-refractivity contribution >= 4 is 16.8 Å². The van der Waals surface area contributed by atoms with E-state index in [1.807, 2.05) is 0 Å². The van der Waals surface area contributed by atoms with E-state index >= 15 is 0 Å². The molecule has 1 atom stereocenters. The van der Waals surface area contributed by atoms with Gasteiger partial charge in [-0.3, -0.25) is 4.79 Å². The molecular weight excluding hydrogens is 245 g/mol. The Kier molecular flexibility index (Phi) is 2.98. The minimum Gasteiger partial charge on any atom is -0.350 e. The zero-order valence-electron chi connectivity index (χ0n) is 10.7. The van der Waals surface area contributed by atoms with Crippen LogP contribution in [0.5, 0.6) is 0 Å². The van der Waals surface area contributed by atoms with Crippen LogP contribution >= 0.6 is 0 Å². The first kappa shape index (κ1) is 12.2. The lowest BCUT2D eigenvalue weighted by Gasteiger charge is -2.09. The van der Waals surface area contributed by atoms with Crippen LogP contribution in [0.2, 0.25) is 0 Å². The van der Waals surface area contributed by atoms with E-state index in [1.165, 1.54) is 6.07 Å². The van der Waals surface area contributed by atoms with Crippen molar-refractivity contribution in [1.29, 1.82) is 0 Å². The van der Waals surface area contributed by atoms with E-state index in [4.69, 9.17) is 0 Å². The predicted octanol–water partition coefficient (Wildman–Crippen LogP) is 1.71. The molecule has 1 unspecified atom stereocenters. The molecule has 19 heavy (non-hydrogen) atoms. The highest BCUT2D eigenvalue weighted by Gasteiger charge is 2.19. The highest BCUT2D eigenvalue weighted by Crippen LogP contribution is 2.21. The molecule has 1 aliphatic heterocycles. The molecule has 1 aliphatic rings. The molecule has 1 fully saturated rings. The van der Waals surface area contributed by atoms with Crippen molar-refractivity contribution < 1.29 is 9.18 Å². The molecule has 3 rings (SSSR count). The summed E-state index contributed by atoms with van der Waals surface area (Å²) in [7, 11) is 0. The maximum atomic E-state index is 13.5. The third-order valence-corrected chi connectivity index (χ3v) is 3.63. The maximum absolute atomic E-state index is 13.5. The van der Waals surface area contributed by atoms with Crippen molar-refractivity contribution in [2.75, 3.05) is 13.1 Å². The van der Waals surface area contributed by atoms with Crippen molar-refractivity contribution in [1.82, 2.24) is 15.6 Å². The summed E-state index contributed by atoms with van der Waals surface area (Å²) in [6, 6.07) is 5.05. The van der Waals surface area contributed by atoms with Crippen molar-refractivity contribution in [2.45, 2.75) is 19.4 Å². The quantitative estimate of drug-likeness (QED) is 0.770. The van der Waals surface area contributed by atoms with E-state index in [9.17, 15) is 9.18 Å². The van der Waals surface area contributed by atoms with Crippen LogP contribution < -0.4 is 10.6 Å². The second-order valence-electron chi connectivity index (χ2n) is 4.98. The average Bonchev–Trinajstić information content (AvgIpc) is 3.02. The number of aromatic nitrogens is 1. The van der Waals surface area contributed by atoms with E-state index in [0.717, 1.165) is 24.9 Å². The summed E-state index contributed by atoms with van der Waals surface area (Å²) in [5.41, 5.74) is 1.71. The number of aromatic amines is 1. The number of nitrogens with one attached hydrogen (secondary N) is 3. The Hall–Kier alpha value is -1.88. The molecule has 2 aromatic rings. The first-order chi connectivity index (χ1) is 9.15. The Labute approximate surface area is 110 Å². The highest BCUT2D eigenvalue weighted by atomic mass is 19.1. The van der Waals surface area contributed by atoms with Crippen molar-refractivity contribution in [3.05, 3.63) is 35.3 Å². The number of fused-ring (bicyclic) bond motifs is 1. The van der Waals surface area contributed by atoms with Crippen LogP contribution in [-0.4, -0.2) is 30.0 Å². The molecule has 1 aromatic carbocycles. The van der Waals surface area contributed by atoms with Gasteiger partial charge in [0, 0.05) is 23.5 Å². The number of hydrogen-bond acceptors (Lipinski definition) is 2. The monoisotopic (exact) mass is 261 g/mol. The second-order valence-corrected chi connectivity index (χ2v) is 4.98. The number of hydrogen-bond donors (Lipinski definition) is 3. The van der Waals surface area contributed by atoms with E-state index in [0.29, 0.717) is 16.8 Å². The van der Waals surface area contributed by atoms with Gasteiger partial charge in [-0.15, -0.1) is 0 Å². The number of halogens is 1. The van der Waals surface area contributed by atoms with Crippen molar-refractivity contribution in [2.24, 2.45) is 0 Å². The predicted molar refractivity (Wildman–Crippen MR) is 71.7 cm³/mol. The molecule has 0 aliphatic carbocycles. The van der Waals surface area contributed by atoms with Crippen LogP contribution in [0.4, 0.5) is 4.39 Å². The highest BCUT2D eigenvalue weighted by molar-refractivity contribution is 5.98. The van der Waals surface area contributed by atoms with Gasteiger partial charge in [0.05, 0.1) is 5.52 Å². The Morgan fingerprint density at radius 1 is 1.47 bits per heavy atom. The van der Waals surface area contributed by atoms with Crippen LogP contribution in [0.15, 0.2) is 18.2 Å². The normalized spacial score (nSPS) is 18.9. The van der Waals surface area contributed by atoms with Crippen LogP contribution in [0, 0.1) is 12.7 Å². The molecule has 4 nitrogen and oxygen atoms in total. The lowest BCUT2D eigenvalue weighted by molar-refractivity contribution is 0.0936. The first-order valence-corrected chi connectivity index (χ1v) is 6.44. The zero-order chi connectivity index (χ0) is 13.4. The number of rotatable bonds is 2. The maximum Gasteiger partial charge on any atom is 0.267 e. The van der Waals surface area contributed by atoms with Gasteiger partial charge >= 0.3 is 0 Å². The lowest BCUT2D eigenvalue weighted by Crippen LogP contribution is -2.36. The molecule has 1 aromatic heterocycles. The molecule has 3 N–H and O–H groups in total. The van der Waals surface area contributed by atoms with Gasteiger partial charge in [-0.1, -0.05) is 0 Å². The smallest absolute Gasteiger partial charge is 0.267 e. The lowest BCUT2D eigenvalue weighted by atomic mass is 10.1. The van der Waals surface area contributed by atoms with Crippen LogP contribution in [-0.2, 0) is 0 Å². The van der Waals surface area contributed by atoms with E-state index in [1.54, 1.807) is 19.1 Å². The van der Waals surface area contributed by atoms with Gasteiger partial charge in [0.2, 0.25) is 0 Å². The van der Waals surface area contributed by atoms with E-state index in [2.05, 4.69) is 15.6 Å². The Balaban J connectivity index is 1.88. The van der Waals surface area contributed by atoms with Gasteiger partial charge < -0.3 is 15.6 Å². The van der Waals surface area contributed by atoms with Crippen molar-refractivity contribution in [3.8, 4) is 0 Å². The number of carbonyl (C=O) groups is 1.